The Morgan fingerprint density at radius 3 is 2.60 bits per heavy atom. The zero-order chi connectivity index (χ0) is 14.8. The van der Waals surface area contributed by atoms with Gasteiger partial charge in [0.1, 0.15) is 0 Å². The van der Waals surface area contributed by atoms with Crippen molar-refractivity contribution in [1.82, 2.24) is 5.32 Å². The SMILES string of the molecule is O=C(O)CC1(NC(=O)c2cc(Br)ccc2I)CCCC1. The lowest BCUT2D eigenvalue weighted by molar-refractivity contribution is -0.138. The van der Waals surface area contributed by atoms with Crippen molar-refractivity contribution in [3.63, 3.8) is 0 Å². The largest absolute Gasteiger partial charge is 0.481 e. The van der Waals surface area contributed by atoms with Gasteiger partial charge in [-0.3, -0.25) is 9.59 Å². The molecule has 108 valence electrons. The van der Waals surface area contributed by atoms with Crippen LogP contribution in [0, 0.1) is 3.57 Å². The Morgan fingerprint density at radius 1 is 1.35 bits per heavy atom. The van der Waals surface area contributed by atoms with Gasteiger partial charge in [0.15, 0.2) is 0 Å². The molecular weight excluding hydrogens is 437 g/mol. The topological polar surface area (TPSA) is 66.4 Å². The van der Waals surface area contributed by atoms with Gasteiger partial charge in [-0.2, -0.15) is 0 Å². The van der Waals surface area contributed by atoms with E-state index in [9.17, 15) is 9.59 Å². The quantitative estimate of drug-likeness (QED) is 0.687. The summed E-state index contributed by atoms with van der Waals surface area (Å²) < 4.78 is 1.69. The van der Waals surface area contributed by atoms with Crippen molar-refractivity contribution < 1.29 is 14.7 Å². The fourth-order valence-corrected chi connectivity index (χ4v) is 3.61. The average Bonchev–Trinajstić information content (AvgIpc) is 2.79. The number of carboxylic acid groups (broad SMARTS) is 1. The number of benzene rings is 1. The minimum absolute atomic E-state index is 0.0106. The molecule has 1 aromatic carbocycles. The Morgan fingerprint density at radius 2 is 2.00 bits per heavy atom. The van der Waals surface area contributed by atoms with Gasteiger partial charge in [-0.1, -0.05) is 28.8 Å². The van der Waals surface area contributed by atoms with Crippen LogP contribution >= 0.6 is 38.5 Å². The van der Waals surface area contributed by atoms with Crippen LogP contribution in [0.25, 0.3) is 0 Å². The molecule has 0 unspecified atom stereocenters. The Labute approximate surface area is 139 Å². The zero-order valence-corrected chi connectivity index (χ0v) is 14.5. The molecule has 0 spiro atoms. The number of hydrogen-bond acceptors (Lipinski definition) is 2. The molecule has 0 atom stereocenters. The highest BCUT2D eigenvalue weighted by Crippen LogP contribution is 2.33. The minimum Gasteiger partial charge on any atom is -0.481 e. The van der Waals surface area contributed by atoms with Crippen molar-refractivity contribution in [3.8, 4) is 0 Å². The van der Waals surface area contributed by atoms with Crippen LogP contribution in [0.15, 0.2) is 22.7 Å². The highest BCUT2D eigenvalue weighted by Gasteiger charge is 2.37. The molecule has 4 nitrogen and oxygen atoms in total. The van der Waals surface area contributed by atoms with Gasteiger partial charge in [0, 0.05) is 8.04 Å². The van der Waals surface area contributed by atoms with Crippen molar-refractivity contribution in [2.24, 2.45) is 0 Å². The number of carboxylic acids is 1. The highest BCUT2D eigenvalue weighted by molar-refractivity contribution is 14.1. The molecule has 1 fully saturated rings. The average molecular weight is 452 g/mol. The van der Waals surface area contributed by atoms with Crippen LogP contribution in [0.1, 0.15) is 42.5 Å². The van der Waals surface area contributed by atoms with Gasteiger partial charge in [-0.05, 0) is 53.6 Å². The summed E-state index contributed by atoms with van der Waals surface area (Å²) >= 11 is 5.46. The molecule has 1 saturated carbocycles. The number of halogens is 2. The first-order valence-electron chi connectivity index (χ1n) is 6.41. The van der Waals surface area contributed by atoms with Crippen molar-refractivity contribution in [2.75, 3.05) is 0 Å². The summed E-state index contributed by atoms with van der Waals surface area (Å²) in [5, 5.41) is 12.0. The summed E-state index contributed by atoms with van der Waals surface area (Å²) in [7, 11) is 0. The third kappa shape index (κ3) is 3.72. The third-order valence-corrected chi connectivity index (χ3v) is 5.04. The molecule has 0 aliphatic heterocycles. The Bertz CT molecular complexity index is 541. The maximum atomic E-state index is 12.4. The second kappa shape index (κ2) is 6.43. The predicted molar refractivity (Wildman–Crippen MR) is 87.8 cm³/mol. The second-order valence-electron chi connectivity index (χ2n) is 5.14. The van der Waals surface area contributed by atoms with E-state index in [4.69, 9.17) is 5.11 Å². The molecule has 6 heteroatoms. The first-order chi connectivity index (χ1) is 9.42. The molecule has 2 rings (SSSR count). The van der Waals surface area contributed by atoms with Crippen molar-refractivity contribution >= 4 is 50.4 Å². The van der Waals surface area contributed by atoms with Gasteiger partial charge in [-0.15, -0.1) is 0 Å². The van der Waals surface area contributed by atoms with E-state index in [1.165, 1.54) is 0 Å². The number of carbonyl (C=O) groups is 2. The summed E-state index contributed by atoms with van der Waals surface area (Å²) in [6.07, 6.45) is 3.38. The summed E-state index contributed by atoms with van der Waals surface area (Å²) in [4.78, 5) is 23.5. The molecule has 0 aromatic heterocycles. The summed E-state index contributed by atoms with van der Waals surface area (Å²) in [6.45, 7) is 0. The number of hydrogen-bond donors (Lipinski definition) is 2. The van der Waals surface area contributed by atoms with Crippen LogP contribution < -0.4 is 5.32 Å². The van der Waals surface area contributed by atoms with Gasteiger partial charge < -0.3 is 10.4 Å². The van der Waals surface area contributed by atoms with E-state index in [0.29, 0.717) is 5.56 Å². The normalized spacial score (nSPS) is 16.9. The first-order valence-corrected chi connectivity index (χ1v) is 8.28. The highest BCUT2D eigenvalue weighted by atomic mass is 127. The van der Waals surface area contributed by atoms with Crippen LogP contribution in [0.3, 0.4) is 0 Å². The van der Waals surface area contributed by atoms with Gasteiger partial charge in [0.25, 0.3) is 5.91 Å². The smallest absolute Gasteiger partial charge is 0.305 e. The minimum atomic E-state index is -0.865. The van der Waals surface area contributed by atoms with E-state index >= 15 is 0 Å². The summed E-state index contributed by atoms with van der Waals surface area (Å²) in [5.74, 6) is -1.06. The second-order valence-corrected chi connectivity index (χ2v) is 7.21. The molecule has 0 bridgehead atoms. The van der Waals surface area contributed by atoms with Gasteiger partial charge in [-0.25, -0.2) is 0 Å². The number of nitrogens with one attached hydrogen (secondary N) is 1. The lowest BCUT2D eigenvalue weighted by Crippen LogP contribution is -2.48. The van der Waals surface area contributed by atoms with E-state index in [2.05, 4.69) is 43.8 Å². The molecule has 0 heterocycles. The summed E-state index contributed by atoms with van der Waals surface area (Å²) in [6, 6.07) is 5.50. The van der Waals surface area contributed by atoms with E-state index in [1.807, 2.05) is 12.1 Å². The number of amides is 1. The van der Waals surface area contributed by atoms with Gasteiger partial charge in [0.05, 0.1) is 17.5 Å². The lowest BCUT2D eigenvalue weighted by atomic mass is 9.92. The van der Waals surface area contributed by atoms with Crippen LogP contribution in [0.5, 0.6) is 0 Å². The van der Waals surface area contributed by atoms with Crippen LogP contribution in [-0.4, -0.2) is 22.5 Å². The monoisotopic (exact) mass is 451 g/mol. The first kappa shape index (κ1) is 15.8. The third-order valence-electron chi connectivity index (χ3n) is 3.60. The van der Waals surface area contributed by atoms with Crippen LogP contribution in [-0.2, 0) is 4.79 Å². The molecule has 20 heavy (non-hydrogen) atoms. The number of rotatable bonds is 4. The summed E-state index contributed by atoms with van der Waals surface area (Å²) in [5.41, 5.74) is -0.00875. The van der Waals surface area contributed by atoms with Gasteiger partial charge >= 0.3 is 5.97 Å². The van der Waals surface area contributed by atoms with Crippen molar-refractivity contribution in [2.45, 2.75) is 37.6 Å². The zero-order valence-electron chi connectivity index (χ0n) is 10.8. The van der Waals surface area contributed by atoms with E-state index in [-0.39, 0.29) is 12.3 Å². The Balaban J connectivity index is 2.20. The fourth-order valence-electron chi connectivity index (χ4n) is 2.67. The van der Waals surface area contributed by atoms with E-state index in [1.54, 1.807) is 6.07 Å². The maximum absolute atomic E-state index is 12.4. The van der Waals surface area contributed by atoms with Crippen LogP contribution in [0.4, 0.5) is 0 Å². The molecule has 1 aliphatic rings. The van der Waals surface area contributed by atoms with E-state index in [0.717, 1.165) is 33.7 Å². The number of carbonyl (C=O) groups excluding carboxylic acids is 1. The Hall–Kier alpha value is -0.630. The van der Waals surface area contributed by atoms with Crippen LogP contribution in [0.2, 0.25) is 0 Å². The molecule has 2 N–H and O–H groups in total. The lowest BCUT2D eigenvalue weighted by Gasteiger charge is -2.29. The van der Waals surface area contributed by atoms with E-state index < -0.39 is 11.5 Å². The molecule has 0 saturated heterocycles. The van der Waals surface area contributed by atoms with Crippen molar-refractivity contribution in [3.05, 3.63) is 31.8 Å². The molecule has 0 radical (unpaired) electrons. The number of aliphatic carboxylic acids is 1. The molecule has 1 amide bonds. The Kier molecular flexibility index (Phi) is 5.06. The van der Waals surface area contributed by atoms with Crippen molar-refractivity contribution in [1.29, 1.82) is 0 Å². The molecule has 1 aromatic rings. The van der Waals surface area contributed by atoms with Gasteiger partial charge in [0.2, 0.25) is 0 Å². The predicted octanol–water partition coefficient (Wildman–Crippen LogP) is 3.57. The fraction of sp³-hybridized carbons (Fsp3) is 0.429. The maximum Gasteiger partial charge on any atom is 0.305 e. The molecular formula is C14H15BrINO3. The standard InChI is InChI=1S/C14H15BrINO3/c15-9-3-4-11(16)10(7-9)13(20)17-14(8-12(18)19)5-1-2-6-14/h3-4,7H,1-2,5-6,8H2,(H,17,20)(H,18,19). The molecule has 1 aliphatic carbocycles.